The predicted molar refractivity (Wildman–Crippen MR) is 199 cm³/mol. The van der Waals surface area contributed by atoms with E-state index in [0.717, 1.165) is 66.7 Å². The Morgan fingerprint density at radius 2 is 1.72 bits per heavy atom. The fraction of sp³-hybridized carbons (Fsp3) is 0.421. The number of benzene rings is 3. The molecule has 2 N–H and O–H groups in total. The zero-order valence-electron chi connectivity index (χ0n) is 28.0. The molecule has 3 aromatic rings. The van der Waals surface area contributed by atoms with Crippen molar-refractivity contribution < 1.29 is 19.1 Å². The van der Waals surface area contributed by atoms with Crippen molar-refractivity contribution in [1.82, 2.24) is 15.5 Å². The lowest BCUT2D eigenvalue weighted by atomic mass is 9.83. The molecule has 264 valence electrons. The first kappa shape index (κ1) is 35.4. The van der Waals surface area contributed by atoms with Crippen LogP contribution in [0.2, 0.25) is 20.1 Å². The number of piperazine rings is 1. The largest absolute Gasteiger partial charge is 0.485 e. The van der Waals surface area contributed by atoms with E-state index in [1.54, 1.807) is 25.1 Å². The second-order valence-corrected chi connectivity index (χ2v) is 15.2. The summed E-state index contributed by atoms with van der Waals surface area (Å²) in [6.45, 7) is 6.62. The average Bonchev–Trinajstić information content (AvgIpc) is 3.82. The Kier molecular flexibility index (Phi) is 10.6. The van der Waals surface area contributed by atoms with E-state index in [2.05, 4.69) is 39.8 Å². The lowest BCUT2D eigenvalue weighted by Gasteiger charge is -2.41. The Morgan fingerprint density at radius 1 is 0.980 bits per heavy atom. The van der Waals surface area contributed by atoms with Crippen molar-refractivity contribution >= 4 is 69.5 Å². The molecule has 12 heteroatoms. The third kappa shape index (κ3) is 7.62. The highest BCUT2D eigenvalue weighted by Gasteiger charge is 2.41. The van der Waals surface area contributed by atoms with Crippen LogP contribution in [0.5, 0.6) is 5.75 Å². The molecule has 1 aliphatic carbocycles. The number of fused-ring (bicyclic) bond motifs is 2. The lowest BCUT2D eigenvalue weighted by molar-refractivity contribution is -0.145. The highest BCUT2D eigenvalue weighted by Crippen LogP contribution is 2.40. The van der Waals surface area contributed by atoms with Crippen LogP contribution in [0.15, 0.2) is 60.2 Å². The molecule has 3 fully saturated rings. The number of nitrogens with one attached hydrogen (secondary N) is 2. The van der Waals surface area contributed by atoms with E-state index in [9.17, 15) is 9.59 Å². The Bertz CT molecular complexity index is 1790. The molecule has 0 unspecified atom stereocenters. The van der Waals surface area contributed by atoms with Gasteiger partial charge in [0.1, 0.15) is 12.2 Å². The Morgan fingerprint density at radius 3 is 2.42 bits per heavy atom. The van der Waals surface area contributed by atoms with Gasteiger partial charge in [0.15, 0.2) is 5.75 Å². The second kappa shape index (κ2) is 14.9. The smallest absolute Gasteiger partial charge is 0.303 e. The summed E-state index contributed by atoms with van der Waals surface area (Å²) in [6.07, 6.45) is 2.96. The second-order valence-electron chi connectivity index (χ2n) is 13.6. The Balaban J connectivity index is 1.09. The van der Waals surface area contributed by atoms with Crippen LogP contribution in [0.4, 0.5) is 5.69 Å². The van der Waals surface area contributed by atoms with Gasteiger partial charge in [0, 0.05) is 62.9 Å². The molecule has 50 heavy (non-hydrogen) atoms. The summed E-state index contributed by atoms with van der Waals surface area (Å²) in [5, 5.41) is 8.99. The normalized spacial score (nSPS) is 22.4. The van der Waals surface area contributed by atoms with Crippen molar-refractivity contribution in [2.45, 2.75) is 76.4 Å². The van der Waals surface area contributed by atoms with Gasteiger partial charge in [-0.3, -0.25) is 9.59 Å². The molecule has 2 saturated heterocycles. The first-order valence-corrected chi connectivity index (χ1v) is 18.7. The van der Waals surface area contributed by atoms with E-state index in [0.29, 0.717) is 51.0 Å². The fourth-order valence-corrected chi connectivity index (χ4v) is 8.32. The first-order chi connectivity index (χ1) is 24.0. The molecule has 8 nitrogen and oxygen atoms in total. The maximum Gasteiger partial charge on any atom is 0.303 e. The molecule has 3 heterocycles. The van der Waals surface area contributed by atoms with Crippen LogP contribution < -0.4 is 20.3 Å². The van der Waals surface area contributed by atoms with Crippen LogP contribution in [0, 0.1) is 0 Å². The maximum atomic E-state index is 14.5. The molecule has 4 aliphatic rings. The van der Waals surface area contributed by atoms with Gasteiger partial charge < -0.3 is 29.9 Å². The number of carbonyl (C=O) groups is 2. The number of amides is 1. The van der Waals surface area contributed by atoms with Crippen molar-refractivity contribution in [3.05, 3.63) is 97.0 Å². The Labute approximate surface area is 313 Å². The van der Waals surface area contributed by atoms with Crippen molar-refractivity contribution in [2.75, 3.05) is 31.1 Å². The van der Waals surface area contributed by atoms with Crippen molar-refractivity contribution in [1.29, 1.82) is 0 Å². The van der Waals surface area contributed by atoms with E-state index in [1.807, 2.05) is 17.0 Å². The standard InChI is InChI=1S/C38H40Cl4N4O4/c1-21(49-22(2)47)25-14-32(40)37(33(41)15-25)50-29-12-13-45(20-29)27-8-6-23(7-9-27)30-16-26-17-43-18-34(44-26)35(30)38(48)46(28-10-11-28)19-24-4-3-5-31(39)36(24)42/h3-9,14-15,21,26,28-29,34,43-44H,10-13,16-20H2,1-2H3/t21-,26+,29-,34+/m1/s1. The third-order valence-electron chi connectivity index (χ3n) is 9.99. The van der Waals surface area contributed by atoms with E-state index >= 15 is 0 Å². The molecule has 7 rings (SSSR count). The fourth-order valence-electron chi connectivity index (χ4n) is 7.34. The minimum absolute atomic E-state index is 0.0630. The van der Waals surface area contributed by atoms with Gasteiger partial charge in [-0.05, 0) is 78.8 Å². The summed E-state index contributed by atoms with van der Waals surface area (Å²) < 4.78 is 11.6. The van der Waals surface area contributed by atoms with Gasteiger partial charge in [-0.25, -0.2) is 0 Å². The van der Waals surface area contributed by atoms with Crippen molar-refractivity contribution in [3.63, 3.8) is 0 Å². The molecule has 3 aromatic carbocycles. The average molecular weight is 759 g/mol. The minimum atomic E-state index is -0.474. The molecule has 0 spiro atoms. The topological polar surface area (TPSA) is 83.1 Å². The highest BCUT2D eigenvalue weighted by molar-refractivity contribution is 6.42. The molecule has 0 aromatic heterocycles. The SMILES string of the molecule is CC(=O)O[C@H](C)c1cc(Cl)c(O[C@@H]2CCN(c3ccc(C4=C(C(=O)N(Cc5cccc(Cl)c5Cl)C5CC5)[C@@H]5CNC[C@H](C4)N5)cc3)C2)c(Cl)c1. The van der Waals surface area contributed by atoms with Gasteiger partial charge in [0.05, 0.1) is 32.7 Å². The zero-order valence-corrected chi connectivity index (χ0v) is 31.0. The van der Waals surface area contributed by atoms with Crippen molar-refractivity contribution in [3.8, 4) is 5.75 Å². The number of esters is 1. The van der Waals surface area contributed by atoms with E-state index in [1.165, 1.54) is 6.92 Å². The number of nitrogens with zero attached hydrogens (tertiary/aromatic N) is 2. The van der Waals surface area contributed by atoms with Gasteiger partial charge in [-0.1, -0.05) is 70.7 Å². The lowest BCUT2D eigenvalue weighted by Crippen LogP contribution is -2.60. The maximum absolute atomic E-state index is 14.5. The summed E-state index contributed by atoms with van der Waals surface area (Å²) in [6, 6.07) is 18.0. The number of anilines is 1. The highest BCUT2D eigenvalue weighted by atomic mass is 35.5. The summed E-state index contributed by atoms with van der Waals surface area (Å²) >= 11 is 26.1. The number of halogens is 4. The molecular formula is C38H40Cl4N4O4. The number of hydrogen-bond donors (Lipinski definition) is 2. The van der Waals surface area contributed by atoms with Crippen LogP contribution >= 0.6 is 46.4 Å². The number of ether oxygens (including phenoxy) is 2. The minimum Gasteiger partial charge on any atom is -0.485 e. The quantitative estimate of drug-likeness (QED) is 0.204. The van der Waals surface area contributed by atoms with Crippen LogP contribution in [-0.4, -0.2) is 67.2 Å². The molecule has 3 aliphatic heterocycles. The van der Waals surface area contributed by atoms with Gasteiger partial charge in [0.2, 0.25) is 0 Å². The molecule has 1 amide bonds. The van der Waals surface area contributed by atoms with Gasteiger partial charge in [-0.2, -0.15) is 0 Å². The van der Waals surface area contributed by atoms with Gasteiger partial charge in [0.25, 0.3) is 5.91 Å². The van der Waals surface area contributed by atoms with E-state index in [4.69, 9.17) is 55.9 Å². The van der Waals surface area contributed by atoms with Crippen LogP contribution in [-0.2, 0) is 20.9 Å². The van der Waals surface area contributed by atoms with Gasteiger partial charge >= 0.3 is 5.97 Å². The molecule has 1 saturated carbocycles. The summed E-state index contributed by atoms with van der Waals surface area (Å²) in [5.74, 6) is 0.122. The number of rotatable bonds is 10. The molecular weight excluding hydrogens is 718 g/mol. The molecule has 4 atom stereocenters. The predicted octanol–water partition coefficient (Wildman–Crippen LogP) is 7.86. The monoisotopic (exact) mass is 756 g/mol. The van der Waals surface area contributed by atoms with Gasteiger partial charge in [-0.15, -0.1) is 0 Å². The number of hydrogen-bond acceptors (Lipinski definition) is 7. The third-order valence-corrected chi connectivity index (χ3v) is 11.4. The molecule has 2 bridgehead atoms. The summed E-state index contributed by atoms with van der Waals surface area (Å²) in [4.78, 5) is 30.2. The Hall–Kier alpha value is -2.98. The molecule has 0 radical (unpaired) electrons. The van der Waals surface area contributed by atoms with E-state index in [-0.39, 0.29) is 36.1 Å². The van der Waals surface area contributed by atoms with Crippen molar-refractivity contribution in [2.24, 2.45) is 0 Å². The van der Waals surface area contributed by atoms with Crippen LogP contribution in [0.25, 0.3) is 5.57 Å². The van der Waals surface area contributed by atoms with Crippen LogP contribution in [0.1, 0.15) is 62.3 Å². The zero-order chi connectivity index (χ0) is 35.1. The number of carbonyl (C=O) groups excluding carboxylic acids is 2. The summed E-state index contributed by atoms with van der Waals surface area (Å²) in [5.41, 5.74) is 5.66. The van der Waals surface area contributed by atoms with Crippen LogP contribution in [0.3, 0.4) is 0 Å². The first-order valence-electron chi connectivity index (χ1n) is 17.2. The summed E-state index contributed by atoms with van der Waals surface area (Å²) in [7, 11) is 0. The van der Waals surface area contributed by atoms with E-state index < -0.39 is 6.10 Å².